The van der Waals surface area contributed by atoms with Crippen molar-refractivity contribution in [2.24, 2.45) is 5.92 Å². The number of nitrogens with one attached hydrogen (secondary N) is 1. The Bertz CT molecular complexity index is 898. The normalized spacial score (nSPS) is 14.0. The van der Waals surface area contributed by atoms with Crippen molar-refractivity contribution in [3.05, 3.63) is 47.4 Å². The van der Waals surface area contributed by atoms with Crippen LogP contribution in [0.25, 0.3) is 0 Å². The van der Waals surface area contributed by atoms with Crippen molar-refractivity contribution in [3.8, 4) is 5.75 Å². The van der Waals surface area contributed by atoms with Crippen LogP contribution < -0.4 is 15.0 Å². The Balaban J connectivity index is 1.83. The van der Waals surface area contributed by atoms with Gasteiger partial charge < -0.3 is 14.5 Å². The molecule has 2 amide bonds. The van der Waals surface area contributed by atoms with Crippen molar-refractivity contribution >= 4 is 17.5 Å². The van der Waals surface area contributed by atoms with E-state index in [-0.39, 0.29) is 36.1 Å². The third-order valence-electron chi connectivity index (χ3n) is 5.44. The van der Waals surface area contributed by atoms with Gasteiger partial charge in [-0.15, -0.1) is 0 Å². The molecule has 1 N–H and O–H groups in total. The fourth-order valence-electron chi connectivity index (χ4n) is 3.13. The van der Waals surface area contributed by atoms with E-state index in [9.17, 15) is 9.59 Å². The molecule has 29 heavy (non-hydrogen) atoms. The van der Waals surface area contributed by atoms with Crippen LogP contribution in [0.15, 0.2) is 34.7 Å². The quantitative estimate of drug-likeness (QED) is 0.756. The molecule has 156 valence electrons. The molecule has 3 rings (SSSR count). The highest BCUT2D eigenvalue weighted by Gasteiger charge is 2.29. The number of hydrogen-bond donors (Lipinski definition) is 1. The number of ether oxygens (including phenoxy) is 1. The summed E-state index contributed by atoms with van der Waals surface area (Å²) < 4.78 is 11.3. The highest BCUT2D eigenvalue weighted by Crippen LogP contribution is 2.38. The van der Waals surface area contributed by atoms with Crippen LogP contribution >= 0.6 is 0 Å². The summed E-state index contributed by atoms with van der Waals surface area (Å²) in [5.74, 6) is 1.47. The van der Waals surface area contributed by atoms with Gasteiger partial charge >= 0.3 is 0 Å². The molecular weight excluding hydrogens is 368 g/mol. The van der Waals surface area contributed by atoms with Crippen LogP contribution in [-0.2, 0) is 16.8 Å². The molecule has 6 nitrogen and oxygen atoms in total. The topological polar surface area (TPSA) is 71.8 Å². The standard InChI is InChI=1S/C23H30N2O4/c1-6-23(4,5)16-7-9-19-18(11-16)25(21(26)14-28-19)13-17-8-10-20(29-17)22(27)24-12-15(2)3/h7-11,15H,6,12-14H2,1-5H3,(H,24,27). The Kier molecular flexibility index (Phi) is 6.01. The van der Waals surface area contributed by atoms with E-state index in [4.69, 9.17) is 9.15 Å². The zero-order valence-electron chi connectivity index (χ0n) is 17.9. The van der Waals surface area contributed by atoms with Gasteiger partial charge in [-0.1, -0.05) is 40.7 Å². The molecule has 1 aromatic heterocycles. The molecule has 1 aliphatic heterocycles. The molecule has 0 bridgehead atoms. The number of benzene rings is 1. The Hall–Kier alpha value is -2.76. The maximum absolute atomic E-state index is 12.6. The molecular formula is C23H30N2O4. The summed E-state index contributed by atoms with van der Waals surface area (Å²) in [4.78, 5) is 26.5. The van der Waals surface area contributed by atoms with Crippen molar-refractivity contribution in [2.45, 2.75) is 53.0 Å². The Morgan fingerprint density at radius 2 is 2.00 bits per heavy atom. The fraction of sp³-hybridized carbons (Fsp3) is 0.478. The predicted octanol–water partition coefficient (Wildman–Crippen LogP) is 4.28. The van der Waals surface area contributed by atoms with Crippen LogP contribution in [0.3, 0.4) is 0 Å². The van der Waals surface area contributed by atoms with E-state index < -0.39 is 0 Å². The molecule has 0 saturated heterocycles. The van der Waals surface area contributed by atoms with Crippen molar-refractivity contribution in [3.63, 3.8) is 0 Å². The predicted molar refractivity (Wildman–Crippen MR) is 112 cm³/mol. The highest BCUT2D eigenvalue weighted by molar-refractivity contribution is 5.98. The number of amides is 2. The maximum atomic E-state index is 12.6. The molecule has 0 aliphatic carbocycles. The lowest BCUT2D eigenvalue weighted by Crippen LogP contribution is -2.38. The second-order valence-electron chi connectivity index (χ2n) is 8.56. The van der Waals surface area contributed by atoms with Crippen molar-refractivity contribution in [1.82, 2.24) is 5.32 Å². The molecule has 0 unspecified atom stereocenters. The summed E-state index contributed by atoms with van der Waals surface area (Å²) in [7, 11) is 0. The molecule has 0 radical (unpaired) electrons. The van der Waals surface area contributed by atoms with Gasteiger partial charge in [0, 0.05) is 6.54 Å². The first-order valence-electron chi connectivity index (χ1n) is 10.2. The molecule has 2 aromatic rings. The summed E-state index contributed by atoms with van der Waals surface area (Å²) in [6.07, 6.45) is 0.980. The number of carbonyl (C=O) groups excluding carboxylic acids is 2. The average Bonchev–Trinajstić information content (AvgIpc) is 3.16. The second kappa shape index (κ2) is 8.31. The smallest absolute Gasteiger partial charge is 0.287 e. The molecule has 6 heteroatoms. The Morgan fingerprint density at radius 3 is 2.69 bits per heavy atom. The van der Waals surface area contributed by atoms with Crippen LogP contribution in [-0.4, -0.2) is 25.0 Å². The van der Waals surface area contributed by atoms with E-state index in [1.807, 2.05) is 26.0 Å². The van der Waals surface area contributed by atoms with E-state index in [1.54, 1.807) is 17.0 Å². The van der Waals surface area contributed by atoms with Crippen LogP contribution in [0.1, 0.15) is 62.9 Å². The van der Waals surface area contributed by atoms with Gasteiger partial charge in [-0.05, 0) is 47.6 Å². The first-order valence-corrected chi connectivity index (χ1v) is 10.2. The number of nitrogens with zero attached hydrogens (tertiary/aromatic N) is 1. The fourth-order valence-corrected chi connectivity index (χ4v) is 3.13. The van der Waals surface area contributed by atoms with Gasteiger partial charge in [-0.3, -0.25) is 14.5 Å². The van der Waals surface area contributed by atoms with Crippen LogP contribution in [0.5, 0.6) is 5.75 Å². The number of anilines is 1. The molecule has 0 saturated carbocycles. The molecule has 0 spiro atoms. The molecule has 0 atom stereocenters. The van der Waals surface area contributed by atoms with E-state index in [2.05, 4.69) is 32.2 Å². The minimum absolute atomic E-state index is 0.00640. The minimum Gasteiger partial charge on any atom is -0.482 e. The number of rotatable bonds is 7. The Labute approximate surface area is 172 Å². The van der Waals surface area contributed by atoms with Gasteiger partial charge in [0.25, 0.3) is 11.8 Å². The summed E-state index contributed by atoms with van der Waals surface area (Å²) >= 11 is 0. The van der Waals surface area contributed by atoms with Gasteiger partial charge in [0.1, 0.15) is 11.5 Å². The number of furan rings is 1. The van der Waals surface area contributed by atoms with E-state index in [1.165, 1.54) is 0 Å². The van der Waals surface area contributed by atoms with Gasteiger partial charge in [-0.2, -0.15) is 0 Å². The van der Waals surface area contributed by atoms with Crippen molar-refractivity contribution in [2.75, 3.05) is 18.1 Å². The third-order valence-corrected chi connectivity index (χ3v) is 5.44. The molecule has 0 fully saturated rings. The summed E-state index contributed by atoms with van der Waals surface area (Å²) in [5.41, 5.74) is 1.88. The number of hydrogen-bond acceptors (Lipinski definition) is 4. The summed E-state index contributed by atoms with van der Waals surface area (Å²) in [6, 6.07) is 9.39. The van der Waals surface area contributed by atoms with Gasteiger partial charge in [-0.25, -0.2) is 0 Å². The zero-order valence-corrected chi connectivity index (χ0v) is 17.9. The number of carbonyl (C=O) groups is 2. The largest absolute Gasteiger partial charge is 0.482 e. The second-order valence-corrected chi connectivity index (χ2v) is 8.56. The van der Waals surface area contributed by atoms with Gasteiger partial charge in [0.15, 0.2) is 12.4 Å². The lowest BCUT2D eigenvalue weighted by Gasteiger charge is -2.31. The highest BCUT2D eigenvalue weighted by atomic mass is 16.5. The lowest BCUT2D eigenvalue weighted by molar-refractivity contribution is -0.121. The van der Waals surface area contributed by atoms with Crippen molar-refractivity contribution < 1.29 is 18.7 Å². The molecule has 1 aromatic carbocycles. The third kappa shape index (κ3) is 4.63. The van der Waals surface area contributed by atoms with Crippen molar-refractivity contribution in [1.29, 1.82) is 0 Å². The first-order chi connectivity index (χ1) is 13.7. The average molecular weight is 399 g/mol. The van der Waals surface area contributed by atoms with Crippen LogP contribution in [0.2, 0.25) is 0 Å². The summed E-state index contributed by atoms with van der Waals surface area (Å²) in [6.45, 7) is 11.4. The lowest BCUT2D eigenvalue weighted by atomic mass is 9.82. The van der Waals surface area contributed by atoms with Crippen LogP contribution in [0.4, 0.5) is 5.69 Å². The Morgan fingerprint density at radius 1 is 1.24 bits per heavy atom. The van der Waals surface area contributed by atoms with Crippen LogP contribution in [0, 0.1) is 5.92 Å². The molecule has 1 aliphatic rings. The van der Waals surface area contributed by atoms with Gasteiger partial charge in [0.05, 0.1) is 12.2 Å². The summed E-state index contributed by atoms with van der Waals surface area (Å²) in [5, 5.41) is 2.84. The maximum Gasteiger partial charge on any atom is 0.287 e. The molecule has 2 heterocycles. The monoisotopic (exact) mass is 398 g/mol. The van der Waals surface area contributed by atoms with E-state index in [0.717, 1.165) is 17.7 Å². The zero-order chi connectivity index (χ0) is 21.2. The SMILES string of the molecule is CCC(C)(C)c1ccc2c(c1)N(Cc1ccc(C(=O)NCC(C)C)o1)C(=O)CO2. The number of fused-ring (bicyclic) bond motifs is 1. The minimum atomic E-state index is -0.245. The first kappa shape index (κ1) is 21.0. The van der Waals surface area contributed by atoms with Gasteiger partial charge in [0.2, 0.25) is 0 Å². The van der Waals surface area contributed by atoms with E-state index in [0.29, 0.717) is 24.0 Å². The van der Waals surface area contributed by atoms with E-state index >= 15 is 0 Å².